The molecule has 1 spiro atoms. The molecule has 2 amide bonds. The van der Waals surface area contributed by atoms with Crippen LogP contribution in [0.2, 0.25) is 5.02 Å². The maximum Gasteiger partial charge on any atom is 0.308 e. The molecule has 38 heavy (non-hydrogen) atoms. The van der Waals surface area contributed by atoms with Crippen LogP contribution in [0.15, 0.2) is 61.2 Å². The minimum Gasteiger partial charge on any atom is -0.481 e. The monoisotopic (exact) mass is 618 g/mol. The number of amides is 2. The largest absolute Gasteiger partial charge is 0.481 e. The Kier molecular flexibility index (Phi) is 7.41. The molecule has 7 atom stereocenters. The predicted molar refractivity (Wildman–Crippen MR) is 152 cm³/mol. The third kappa shape index (κ3) is 4.01. The molecule has 3 fully saturated rings. The Balaban J connectivity index is 1.70. The van der Waals surface area contributed by atoms with Crippen molar-refractivity contribution in [1.29, 1.82) is 0 Å². The second kappa shape index (κ2) is 10.3. The van der Waals surface area contributed by atoms with Crippen molar-refractivity contribution in [3.8, 4) is 0 Å². The number of carboxylic acid groups (broad SMARTS) is 1. The van der Waals surface area contributed by atoms with Gasteiger partial charge in [-0.25, -0.2) is 0 Å². The van der Waals surface area contributed by atoms with Gasteiger partial charge in [0.1, 0.15) is 6.04 Å². The molecule has 2 aromatic rings. The molecule has 2 N–H and O–H groups in total. The number of fused-ring (bicyclic) bond motifs is 1. The van der Waals surface area contributed by atoms with Gasteiger partial charge in [-0.05, 0) is 30.5 Å². The van der Waals surface area contributed by atoms with Crippen molar-refractivity contribution in [3.63, 3.8) is 0 Å². The summed E-state index contributed by atoms with van der Waals surface area (Å²) in [6.45, 7) is 5.42. The van der Waals surface area contributed by atoms with E-state index in [1.807, 2.05) is 19.1 Å². The Labute approximate surface area is 239 Å². The Morgan fingerprint density at radius 1 is 1.29 bits per heavy atom. The highest BCUT2D eigenvalue weighted by Crippen LogP contribution is 2.68. The lowest BCUT2D eigenvalue weighted by Gasteiger charge is -2.40. The molecule has 0 saturated carbocycles. The molecule has 3 heterocycles. The summed E-state index contributed by atoms with van der Waals surface area (Å²) in [5.41, 5.74) is 1.97. The summed E-state index contributed by atoms with van der Waals surface area (Å²) in [7, 11) is 0. The number of hydrogen-bond acceptors (Lipinski definition) is 5. The van der Waals surface area contributed by atoms with Gasteiger partial charge in [0.05, 0.1) is 39.9 Å². The number of halogens is 2. The molecule has 3 aliphatic heterocycles. The van der Waals surface area contributed by atoms with Crippen LogP contribution in [0.4, 0.5) is 5.69 Å². The van der Waals surface area contributed by atoms with Crippen LogP contribution in [-0.2, 0) is 14.4 Å². The second-order valence-electron chi connectivity index (χ2n) is 10.00. The lowest BCUT2D eigenvalue weighted by Crippen LogP contribution is -2.56. The Hall–Kier alpha value is -2.33. The number of aliphatic hydroxyl groups is 1. The number of aryl methyl sites for hydroxylation is 1. The molecule has 200 valence electrons. The molecule has 3 unspecified atom stereocenters. The van der Waals surface area contributed by atoms with Crippen LogP contribution in [0, 0.1) is 18.8 Å². The van der Waals surface area contributed by atoms with E-state index in [0.717, 1.165) is 5.56 Å². The number of thioether (sulfide) groups is 1. The molecule has 2 bridgehead atoms. The average molecular weight is 620 g/mol. The number of anilines is 1. The molecule has 7 nitrogen and oxygen atoms in total. The topological polar surface area (TPSA) is 98.2 Å². The summed E-state index contributed by atoms with van der Waals surface area (Å²) in [4.78, 5) is 44.3. The second-order valence-corrected chi connectivity index (χ2v) is 13.1. The van der Waals surface area contributed by atoms with Crippen LogP contribution in [-0.4, -0.2) is 66.9 Å². The Morgan fingerprint density at radius 3 is 2.61 bits per heavy atom. The number of carboxylic acids is 1. The zero-order chi connectivity index (χ0) is 27.4. The lowest BCUT2D eigenvalue weighted by atomic mass is 9.71. The number of benzene rings is 2. The molecule has 3 saturated heterocycles. The van der Waals surface area contributed by atoms with Crippen molar-refractivity contribution in [2.75, 3.05) is 18.1 Å². The van der Waals surface area contributed by atoms with E-state index in [1.54, 1.807) is 42.5 Å². The normalized spacial score (nSPS) is 30.3. The van der Waals surface area contributed by atoms with E-state index < -0.39 is 47.1 Å². The first kappa shape index (κ1) is 27.2. The smallest absolute Gasteiger partial charge is 0.308 e. The highest BCUT2D eigenvalue weighted by molar-refractivity contribution is 9.09. The Bertz CT molecular complexity index is 1280. The van der Waals surface area contributed by atoms with Gasteiger partial charge in [0.15, 0.2) is 0 Å². The van der Waals surface area contributed by atoms with E-state index >= 15 is 0 Å². The summed E-state index contributed by atoms with van der Waals surface area (Å²) in [5, 5.41) is 20.8. The fourth-order valence-corrected chi connectivity index (χ4v) is 10.4. The van der Waals surface area contributed by atoms with Gasteiger partial charge in [-0.2, -0.15) is 0 Å². The minimum atomic E-state index is -1.05. The third-order valence-electron chi connectivity index (χ3n) is 7.98. The first-order valence-electron chi connectivity index (χ1n) is 12.4. The number of carbonyl (C=O) groups is 3. The standard InChI is InChI=1S/C28H28BrClN2O5S/c1-3-12-31(22-15(2)8-7-11-18(22)30)26(35)24-28-13-17(29)23(38-28)20(27(36)37)21(28)25(34)32(24)19(14-33)16-9-5-4-6-10-16/h3-11,17,19-21,23-24,33H,1,12-14H2,2H3,(H,36,37)/t17?,19-,20-,21+,23-,24?,28?/m1/s1. The van der Waals surface area contributed by atoms with Crippen LogP contribution in [0.5, 0.6) is 0 Å². The molecule has 0 aliphatic carbocycles. The van der Waals surface area contributed by atoms with Crippen LogP contribution in [0.1, 0.15) is 23.6 Å². The maximum absolute atomic E-state index is 14.7. The number of para-hydroxylation sites is 1. The zero-order valence-electron chi connectivity index (χ0n) is 20.7. The van der Waals surface area contributed by atoms with Crippen molar-refractivity contribution in [3.05, 3.63) is 77.3 Å². The van der Waals surface area contributed by atoms with E-state index in [9.17, 15) is 24.6 Å². The van der Waals surface area contributed by atoms with Crippen LogP contribution < -0.4 is 4.90 Å². The number of aliphatic hydroxyl groups excluding tert-OH is 1. The highest BCUT2D eigenvalue weighted by Gasteiger charge is 2.76. The Morgan fingerprint density at radius 2 is 2.00 bits per heavy atom. The summed E-state index contributed by atoms with van der Waals surface area (Å²) in [5.74, 6) is -3.68. The molecule has 3 aliphatic rings. The number of likely N-dealkylation sites (tertiary alicyclic amines) is 1. The SMILES string of the molecule is C=CCN(C(=O)C1N([C@H](CO)c2ccccc2)C(=O)[C@@H]2[C@@H](C(=O)O)[C@@H]3SC12CC3Br)c1c(C)cccc1Cl. The van der Waals surface area contributed by atoms with Gasteiger partial charge in [-0.1, -0.05) is 76.1 Å². The minimum absolute atomic E-state index is 0.145. The molecule has 2 aromatic carbocycles. The van der Waals surface area contributed by atoms with E-state index in [0.29, 0.717) is 22.7 Å². The van der Waals surface area contributed by atoms with E-state index in [2.05, 4.69) is 22.5 Å². The van der Waals surface area contributed by atoms with Gasteiger partial charge < -0.3 is 20.0 Å². The lowest BCUT2D eigenvalue weighted by molar-refractivity contribution is -0.149. The number of rotatable bonds is 8. The summed E-state index contributed by atoms with van der Waals surface area (Å²) < 4.78 is -0.979. The summed E-state index contributed by atoms with van der Waals surface area (Å²) >= 11 is 11.7. The van der Waals surface area contributed by atoms with Gasteiger partial charge >= 0.3 is 5.97 Å². The van der Waals surface area contributed by atoms with Crippen molar-refractivity contribution in [2.45, 2.75) is 40.3 Å². The van der Waals surface area contributed by atoms with Gasteiger partial charge in [0.2, 0.25) is 5.91 Å². The number of nitrogens with zero attached hydrogens (tertiary/aromatic N) is 2. The van der Waals surface area contributed by atoms with Crippen molar-refractivity contribution >= 4 is 62.8 Å². The quantitative estimate of drug-likeness (QED) is 0.335. The first-order valence-corrected chi connectivity index (χ1v) is 14.5. The molecular formula is C28H28BrClN2O5S. The van der Waals surface area contributed by atoms with Gasteiger partial charge in [-0.15, -0.1) is 18.3 Å². The number of alkyl halides is 1. The van der Waals surface area contributed by atoms with Gasteiger partial charge in [0, 0.05) is 16.6 Å². The van der Waals surface area contributed by atoms with E-state index in [4.69, 9.17) is 11.6 Å². The highest BCUT2D eigenvalue weighted by atomic mass is 79.9. The maximum atomic E-state index is 14.7. The fraction of sp³-hybridized carbons (Fsp3) is 0.393. The fourth-order valence-electron chi connectivity index (χ4n) is 6.53. The molecule has 5 rings (SSSR count). The molecular weight excluding hydrogens is 592 g/mol. The molecule has 0 aromatic heterocycles. The number of aliphatic carboxylic acids is 1. The predicted octanol–water partition coefficient (Wildman–Crippen LogP) is 4.45. The molecule has 10 heteroatoms. The van der Waals surface area contributed by atoms with E-state index in [-0.39, 0.29) is 22.5 Å². The zero-order valence-corrected chi connectivity index (χ0v) is 23.8. The summed E-state index contributed by atoms with van der Waals surface area (Å²) in [6, 6.07) is 12.6. The number of hydrogen-bond donors (Lipinski definition) is 2. The molecule has 0 radical (unpaired) electrons. The average Bonchev–Trinajstić information content (AvgIpc) is 3.48. The van der Waals surface area contributed by atoms with Crippen LogP contribution in [0.25, 0.3) is 0 Å². The van der Waals surface area contributed by atoms with Crippen LogP contribution >= 0.6 is 39.3 Å². The van der Waals surface area contributed by atoms with Gasteiger partial charge in [0.25, 0.3) is 5.91 Å². The van der Waals surface area contributed by atoms with Crippen molar-refractivity contribution < 1.29 is 24.6 Å². The van der Waals surface area contributed by atoms with E-state index in [1.165, 1.54) is 21.6 Å². The first-order chi connectivity index (χ1) is 18.2. The summed E-state index contributed by atoms with van der Waals surface area (Å²) in [6.07, 6.45) is 2.05. The third-order valence-corrected chi connectivity index (χ3v) is 11.5. The van der Waals surface area contributed by atoms with Crippen molar-refractivity contribution in [1.82, 2.24) is 4.90 Å². The number of carbonyl (C=O) groups excluding carboxylic acids is 2. The van der Waals surface area contributed by atoms with Crippen LogP contribution in [0.3, 0.4) is 0 Å². The van der Waals surface area contributed by atoms with Gasteiger partial charge in [-0.3, -0.25) is 14.4 Å². The van der Waals surface area contributed by atoms with Crippen molar-refractivity contribution in [2.24, 2.45) is 11.8 Å².